The molecule has 2 N–H and O–H groups in total. The van der Waals surface area contributed by atoms with E-state index < -0.39 is 40.7 Å². The van der Waals surface area contributed by atoms with Crippen molar-refractivity contribution < 1.29 is 32.6 Å². The first kappa shape index (κ1) is 16.8. The molecule has 0 fully saturated rings. The maximum Gasteiger partial charge on any atom is 0.337 e. The molecular formula is C14H13F3N2O4. The number of β-amino-alcohol motifs (C(OH)–C–C–N with tert-alkyl or cyclic N) is 1. The number of esters is 1. The summed E-state index contributed by atoms with van der Waals surface area (Å²) in [5.74, 6) is -5.60. The van der Waals surface area contributed by atoms with Crippen LogP contribution in [0.15, 0.2) is 23.4 Å². The molecule has 9 heteroatoms. The SMILES string of the molecule is COC(=O)C1=C(Nc2c(F)ccc(F)c2F)C(=O)N(CCO)C1. The summed E-state index contributed by atoms with van der Waals surface area (Å²) in [5.41, 5.74) is -1.48. The summed E-state index contributed by atoms with van der Waals surface area (Å²) in [5, 5.41) is 11.0. The molecule has 1 aromatic carbocycles. The van der Waals surface area contributed by atoms with Gasteiger partial charge in [-0.25, -0.2) is 18.0 Å². The van der Waals surface area contributed by atoms with Crippen molar-refractivity contribution in [3.63, 3.8) is 0 Å². The number of halogens is 3. The Morgan fingerprint density at radius 1 is 1.35 bits per heavy atom. The number of aliphatic hydroxyl groups excluding tert-OH is 1. The standard InChI is InChI=1S/C14H13F3N2O4/c1-23-14(22)7-6-19(4-5-20)13(21)11(7)18-12-9(16)3-2-8(15)10(12)17/h2-3,18,20H,4-6H2,1H3. The van der Waals surface area contributed by atoms with Crippen LogP contribution in [0.1, 0.15) is 0 Å². The smallest absolute Gasteiger partial charge is 0.337 e. The highest BCUT2D eigenvalue weighted by atomic mass is 19.2. The number of hydrogen-bond donors (Lipinski definition) is 2. The number of carbonyl (C=O) groups is 2. The van der Waals surface area contributed by atoms with Gasteiger partial charge < -0.3 is 20.1 Å². The van der Waals surface area contributed by atoms with Gasteiger partial charge in [-0.1, -0.05) is 0 Å². The molecule has 0 saturated heterocycles. The molecule has 0 unspecified atom stereocenters. The Labute approximate surface area is 129 Å². The van der Waals surface area contributed by atoms with Gasteiger partial charge in [0.15, 0.2) is 11.6 Å². The Bertz CT molecular complexity index is 691. The molecule has 1 aliphatic heterocycles. The van der Waals surface area contributed by atoms with Gasteiger partial charge in [0.05, 0.1) is 25.8 Å². The van der Waals surface area contributed by atoms with Crippen LogP contribution in [0, 0.1) is 17.5 Å². The van der Waals surface area contributed by atoms with Gasteiger partial charge in [0, 0.05) is 6.54 Å². The van der Waals surface area contributed by atoms with E-state index in [4.69, 9.17) is 5.11 Å². The second-order valence-corrected chi connectivity index (χ2v) is 4.64. The van der Waals surface area contributed by atoms with Crippen LogP contribution in [0.4, 0.5) is 18.9 Å². The van der Waals surface area contributed by atoms with Gasteiger partial charge in [0.25, 0.3) is 5.91 Å². The summed E-state index contributed by atoms with van der Waals surface area (Å²) in [4.78, 5) is 25.0. The van der Waals surface area contributed by atoms with Crippen molar-refractivity contribution in [2.24, 2.45) is 0 Å². The zero-order valence-corrected chi connectivity index (χ0v) is 12.0. The molecule has 1 aromatic rings. The van der Waals surface area contributed by atoms with E-state index in [1.54, 1.807) is 0 Å². The Kier molecular flexibility index (Phi) is 4.89. The summed E-state index contributed by atoms with van der Waals surface area (Å²) < 4.78 is 45.2. The van der Waals surface area contributed by atoms with E-state index in [0.717, 1.165) is 12.0 Å². The lowest BCUT2D eigenvalue weighted by Crippen LogP contribution is -2.31. The lowest BCUT2D eigenvalue weighted by Gasteiger charge is -2.15. The van der Waals surface area contributed by atoms with Gasteiger partial charge in [-0.2, -0.15) is 0 Å². The number of amides is 1. The van der Waals surface area contributed by atoms with Crippen LogP contribution in [0.25, 0.3) is 0 Å². The number of methoxy groups -OCH3 is 1. The zero-order valence-electron chi connectivity index (χ0n) is 12.0. The van der Waals surface area contributed by atoms with E-state index in [1.807, 2.05) is 0 Å². The second-order valence-electron chi connectivity index (χ2n) is 4.64. The fraction of sp³-hybridized carbons (Fsp3) is 0.286. The van der Waals surface area contributed by atoms with E-state index in [2.05, 4.69) is 10.1 Å². The van der Waals surface area contributed by atoms with Crippen LogP contribution in [-0.2, 0) is 14.3 Å². The van der Waals surface area contributed by atoms with Crippen molar-refractivity contribution in [2.75, 3.05) is 32.1 Å². The van der Waals surface area contributed by atoms with Crippen LogP contribution in [0.2, 0.25) is 0 Å². The lowest BCUT2D eigenvalue weighted by atomic mass is 10.2. The predicted molar refractivity (Wildman–Crippen MR) is 72.6 cm³/mol. The molecule has 124 valence electrons. The van der Waals surface area contributed by atoms with E-state index in [9.17, 15) is 22.8 Å². The molecule has 23 heavy (non-hydrogen) atoms. The van der Waals surface area contributed by atoms with Crippen LogP contribution in [0.3, 0.4) is 0 Å². The van der Waals surface area contributed by atoms with Crippen molar-refractivity contribution in [2.45, 2.75) is 0 Å². The number of ether oxygens (including phenoxy) is 1. The summed E-state index contributed by atoms with van der Waals surface area (Å²) in [6.07, 6.45) is 0. The first-order chi connectivity index (χ1) is 10.9. The molecule has 1 aliphatic rings. The number of hydrogen-bond acceptors (Lipinski definition) is 5. The third-order valence-electron chi connectivity index (χ3n) is 3.25. The average Bonchev–Trinajstić information content (AvgIpc) is 2.84. The van der Waals surface area contributed by atoms with Crippen LogP contribution >= 0.6 is 0 Å². The highest BCUT2D eigenvalue weighted by Crippen LogP contribution is 2.27. The third kappa shape index (κ3) is 3.14. The largest absolute Gasteiger partial charge is 0.466 e. The van der Waals surface area contributed by atoms with E-state index in [-0.39, 0.29) is 25.3 Å². The summed E-state index contributed by atoms with van der Waals surface area (Å²) in [6, 6.07) is 1.28. The maximum absolute atomic E-state index is 13.7. The minimum absolute atomic E-state index is 0.0847. The topological polar surface area (TPSA) is 78.9 Å². The van der Waals surface area contributed by atoms with E-state index in [1.165, 1.54) is 0 Å². The molecule has 0 saturated carbocycles. The molecular weight excluding hydrogens is 317 g/mol. The molecule has 1 amide bonds. The van der Waals surface area contributed by atoms with Crippen LogP contribution in [0.5, 0.6) is 0 Å². The van der Waals surface area contributed by atoms with Gasteiger partial charge in [-0.15, -0.1) is 0 Å². The number of rotatable bonds is 5. The first-order valence-electron chi connectivity index (χ1n) is 6.52. The first-order valence-corrected chi connectivity index (χ1v) is 6.52. The minimum atomic E-state index is -1.52. The van der Waals surface area contributed by atoms with Crippen molar-refractivity contribution in [1.29, 1.82) is 0 Å². The van der Waals surface area contributed by atoms with Gasteiger partial charge in [-0.3, -0.25) is 4.79 Å². The van der Waals surface area contributed by atoms with Crippen LogP contribution < -0.4 is 5.32 Å². The van der Waals surface area contributed by atoms with Crippen molar-refractivity contribution in [3.05, 3.63) is 40.9 Å². The number of nitrogens with zero attached hydrogens (tertiary/aromatic N) is 1. The minimum Gasteiger partial charge on any atom is -0.466 e. The Morgan fingerprint density at radius 2 is 2.00 bits per heavy atom. The summed E-state index contributed by atoms with van der Waals surface area (Å²) >= 11 is 0. The summed E-state index contributed by atoms with van der Waals surface area (Å²) in [6.45, 7) is -0.651. The quantitative estimate of drug-likeness (QED) is 0.616. The monoisotopic (exact) mass is 330 g/mol. The van der Waals surface area contributed by atoms with Gasteiger partial charge in [0.1, 0.15) is 17.2 Å². The number of carbonyl (C=O) groups excluding carboxylic acids is 2. The normalized spacial score (nSPS) is 14.5. The van der Waals surface area contributed by atoms with Crippen molar-refractivity contribution in [3.8, 4) is 0 Å². The number of benzene rings is 1. The summed E-state index contributed by atoms with van der Waals surface area (Å²) in [7, 11) is 1.08. The highest BCUT2D eigenvalue weighted by Gasteiger charge is 2.35. The molecule has 0 spiro atoms. The lowest BCUT2D eigenvalue weighted by molar-refractivity contribution is -0.136. The second kappa shape index (κ2) is 6.69. The molecule has 1 heterocycles. The molecule has 0 radical (unpaired) electrons. The predicted octanol–water partition coefficient (Wildman–Crippen LogP) is 0.777. The number of nitrogens with one attached hydrogen (secondary N) is 1. The Morgan fingerprint density at radius 3 is 2.61 bits per heavy atom. The molecule has 0 bridgehead atoms. The zero-order chi connectivity index (χ0) is 17.1. The van der Waals surface area contributed by atoms with Crippen LogP contribution in [-0.4, -0.2) is 48.7 Å². The molecule has 0 aliphatic carbocycles. The fourth-order valence-electron chi connectivity index (χ4n) is 2.12. The number of anilines is 1. The third-order valence-corrected chi connectivity index (χ3v) is 3.25. The molecule has 6 nitrogen and oxygen atoms in total. The Balaban J connectivity index is 2.43. The maximum atomic E-state index is 13.7. The molecule has 0 aromatic heterocycles. The van der Waals surface area contributed by atoms with Gasteiger partial charge in [0.2, 0.25) is 0 Å². The van der Waals surface area contributed by atoms with Gasteiger partial charge >= 0.3 is 5.97 Å². The van der Waals surface area contributed by atoms with Gasteiger partial charge in [-0.05, 0) is 12.1 Å². The fourth-order valence-corrected chi connectivity index (χ4v) is 2.12. The highest BCUT2D eigenvalue weighted by molar-refractivity contribution is 6.08. The van der Waals surface area contributed by atoms with Crippen molar-refractivity contribution in [1.82, 2.24) is 4.90 Å². The number of aliphatic hydroxyl groups is 1. The molecule has 0 atom stereocenters. The van der Waals surface area contributed by atoms with Crippen molar-refractivity contribution >= 4 is 17.6 Å². The molecule has 2 rings (SSSR count). The van der Waals surface area contributed by atoms with E-state index >= 15 is 0 Å². The van der Waals surface area contributed by atoms with E-state index in [0.29, 0.717) is 12.1 Å². The Hall–Kier alpha value is -2.55. The average molecular weight is 330 g/mol.